The van der Waals surface area contributed by atoms with Gasteiger partial charge in [0.1, 0.15) is 0 Å². The molecule has 17 heavy (non-hydrogen) atoms. The van der Waals surface area contributed by atoms with E-state index in [0.29, 0.717) is 0 Å². The summed E-state index contributed by atoms with van der Waals surface area (Å²) < 4.78 is 0. The molecule has 1 rings (SSSR count). The highest BCUT2D eigenvalue weighted by atomic mass is 16.3. The zero-order chi connectivity index (χ0) is 12.8. The molecule has 0 aliphatic carbocycles. The van der Waals surface area contributed by atoms with Gasteiger partial charge in [0.2, 0.25) is 0 Å². The van der Waals surface area contributed by atoms with Gasteiger partial charge in [-0.05, 0) is 37.5 Å². The minimum atomic E-state index is -0.369. The number of nitrogens with zero attached hydrogens (tertiary/aromatic N) is 1. The van der Waals surface area contributed by atoms with Gasteiger partial charge in [0.25, 0.3) is 0 Å². The fourth-order valence-electron chi connectivity index (χ4n) is 1.70. The summed E-state index contributed by atoms with van der Waals surface area (Å²) in [6.45, 7) is 4.59. The van der Waals surface area contributed by atoms with E-state index in [4.69, 9.17) is 0 Å². The lowest BCUT2D eigenvalue weighted by molar-refractivity contribution is 0.173. The second-order valence-corrected chi connectivity index (χ2v) is 4.57. The first kappa shape index (κ1) is 14.0. The fraction of sp³-hybridized carbons (Fsp3) is 0.571. The molecule has 0 aromatic heterocycles. The standard InChI is InChI=1S/C14H23NO2/c1-4-14(17)12-5-7-13(8-6-12)15(3)10-9-11(2)16/h5-8,11,14,16-17H,4,9-10H2,1-3H3. The largest absolute Gasteiger partial charge is 0.393 e. The molecule has 3 heteroatoms. The highest BCUT2D eigenvalue weighted by molar-refractivity contribution is 5.47. The van der Waals surface area contributed by atoms with Crippen molar-refractivity contribution in [3.05, 3.63) is 29.8 Å². The average Bonchev–Trinajstić information content (AvgIpc) is 2.35. The van der Waals surface area contributed by atoms with Crippen LogP contribution in [0.15, 0.2) is 24.3 Å². The number of aliphatic hydroxyl groups is 2. The van der Waals surface area contributed by atoms with Crippen LogP contribution in [-0.4, -0.2) is 29.9 Å². The molecule has 3 nitrogen and oxygen atoms in total. The van der Waals surface area contributed by atoms with Gasteiger partial charge in [-0.25, -0.2) is 0 Å². The SMILES string of the molecule is CCC(O)c1ccc(N(C)CCC(C)O)cc1. The molecule has 0 spiro atoms. The number of rotatable bonds is 6. The molecular formula is C14H23NO2. The average molecular weight is 237 g/mol. The van der Waals surface area contributed by atoms with Gasteiger partial charge in [-0.3, -0.25) is 0 Å². The Morgan fingerprint density at radius 1 is 1.18 bits per heavy atom. The quantitative estimate of drug-likeness (QED) is 0.798. The summed E-state index contributed by atoms with van der Waals surface area (Å²) in [7, 11) is 2.01. The van der Waals surface area contributed by atoms with Gasteiger partial charge in [0, 0.05) is 19.3 Å². The highest BCUT2D eigenvalue weighted by Crippen LogP contribution is 2.20. The van der Waals surface area contributed by atoms with Crippen LogP contribution in [0.2, 0.25) is 0 Å². The lowest BCUT2D eigenvalue weighted by Crippen LogP contribution is -2.21. The summed E-state index contributed by atoms with van der Waals surface area (Å²) in [5.74, 6) is 0. The fourth-order valence-corrected chi connectivity index (χ4v) is 1.70. The Hall–Kier alpha value is -1.06. The van der Waals surface area contributed by atoms with E-state index >= 15 is 0 Å². The van der Waals surface area contributed by atoms with Crippen LogP contribution in [0, 0.1) is 0 Å². The monoisotopic (exact) mass is 237 g/mol. The first-order valence-corrected chi connectivity index (χ1v) is 6.21. The molecule has 0 radical (unpaired) electrons. The maximum absolute atomic E-state index is 9.69. The molecule has 0 aliphatic heterocycles. The summed E-state index contributed by atoms with van der Waals surface area (Å²) in [5, 5.41) is 18.9. The van der Waals surface area contributed by atoms with Gasteiger partial charge in [0.15, 0.2) is 0 Å². The normalized spacial score (nSPS) is 14.4. The Balaban J connectivity index is 2.60. The summed E-state index contributed by atoms with van der Waals surface area (Å²) in [6.07, 6.45) is 0.859. The zero-order valence-corrected chi connectivity index (χ0v) is 10.9. The first-order valence-electron chi connectivity index (χ1n) is 6.21. The molecule has 96 valence electrons. The molecular weight excluding hydrogens is 214 g/mol. The summed E-state index contributed by atoms with van der Waals surface area (Å²) in [5.41, 5.74) is 2.07. The van der Waals surface area contributed by atoms with Crippen molar-refractivity contribution in [2.45, 2.75) is 38.9 Å². The van der Waals surface area contributed by atoms with Crippen molar-refractivity contribution < 1.29 is 10.2 Å². The Morgan fingerprint density at radius 2 is 1.76 bits per heavy atom. The van der Waals surface area contributed by atoms with Crippen LogP contribution < -0.4 is 4.90 Å². The van der Waals surface area contributed by atoms with Gasteiger partial charge < -0.3 is 15.1 Å². The zero-order valence-electron chi connectivity index (χ0n) is 10.9. The van der Waals surface area contributed by atoms with Crippen LogP contribution in [0.4, 0.5) is 5.69 Å². The molecule has 2 atom stereocenters. The van der Waals surface area contributed by atoms with Crippen molar-refractivity contribution in [3.8, 4) is 0 Å². The molecule has 2 unspecified atom stereocenters. The highest BCUT2D eigenvalue weighted by Gasteiger charge is 2.06. The van der Waals surface area contributed by atoms with Crippen LogP contribution >= 0.6 is 0 Å². The van der Waals surface area contributed by atoms with Crippen LogP contribution in [0.3, 0.4) is 0 Å². The van der Waals surface area contributed by atoms with Crippen molar-refractivity contribution >= 4 is 5.69 Å². The molecule has 2 N–H and O–H groups in total. The van der Waals surface area contributed by atoms with Gasteiger partial charge in [-0.1, -0.05) is 19.1 Å². The number of aliphatic hydroxyl groups excluding tert-OH is 2. The van der Waals surface area contributed by atoms with E-state index < -0.39 is 0 Å². The first-order chi connectivity index (χ1) is 8.04. The van der Waals surface area contributed by atoms with E-state index in [9.17, 15) is 10.2 Å². The lowest BCUT2D eigenvalue weighted by atomic mass is 10.1. The van der Waals surface area contributed by atoms with Gasteiger partial charge in [-0.2, -0.15) is 0 Å². The third-order valence-electron chi connectivity index (χ3n) is 2.99. The summed E-state index contributed by atoms with van der Waals surface area (Å²) >= 11 is 0. The number of hydrogen-bond acceptors (Lipinski definition) is 3. The van der Waals surface area contributed by atoms with Gasteiger partial charge >= 0.3 is 0 Å². The van der Waals surface area contributed by atoms with Crippen LogP contribution in [-0.2, 0) is 0 Å². The summed E-state index contributed by atoms with van der Waals surface area (Å²) in [4.78, 5) is 2.11. The molecule has 0 amide bonds. The van der Waals surface area contributed by atoms with Crippen molar-refractivity contribution in [1.29, 1.82) is 0 Å². The van der Waals surface area contributed by atoms with Crippen LogP contribution in [0.5, 0.6) is 0 Å². The molecule has 0 saturated carbocycles. The number of benzene rings is 1. The molecule has 0 saturated heterocycles. The summed E-state index contributed by atoms with van der Waals surface area (Å²) in [6, 6.07) is 7.94. The molecule has 0 aliphatic rings. The third-order valence-corrected chi connectivity index (χ3v) is 2.99. The Bertz CT molecular complexity index is 321. The van der Waals surface area contributed by atoms with E-state index in [1.165, 1.54) is 0 Å². The topological polar surface area (TPSA) is 43.7 Å². The second kappa shape index (κ2) is 6.62. The minimum Gasteiger partial charge on any atom is -0.393 e. The van der Waals surface area contributed by atoms with Crippen LogP contribution in [0.1, 0.15) is 38.4 Å². The maximum atomic E-state index is 9.69. The predicted octanol–water partition coefficient (Wildman–Crippen LogP) is 2.34. The van der Waals surface area contributed by atoms with E-state index in [-0.39, 0.29) is 12.2 Å². The van der Waals surface area contributed by atoms with Crippen molar-refractivity contribution in [2.24, 2.45) is 0 Å². The van der Waals surface area contributed by atoms with E-state index in [1.54, 1.807) is 6.92 Å². The van der Waals surface area contributed by atoms with E-state index in [0.717, 1.165) is 30.6 Å². The molecule has 1 aromatic rings. The van der Waals surface area contributed by atoms with Gasteiger partial charge in [-0.15, -0.1) is 0 Å². The third kappa shape index (κ3) is 4.36. The van der Waals surface area contributed by atoms with Crippen molar-refractivity contribution in [2.75, 3.05) is 18.5 Å². The molecule has 0 heterocycles. The Labute approximate surface area is 104 Å². The van der Waals surface area contributed by atoms with Gasteiger partial charge in [0.05, 0.1) is 12.2 Å². The predicted molar refractivity (Wildman–Crippen MR) is 71.3 cm³/mol. The molecule has 0 bridgehead atoms. The number of hydrogen-bond donors (Lipinski definition) is 2. The smallest absolute Gasteiger partial charge is 0.0787 e. The molecule has 0 fully saturated rings. The van der Waals surface area contributed by atoms with Crippen molar-refractivity contribution in [3.63, 3.8) is 0 Å². The van der Waals surface area contributed by atoms with E-state index in [1.807, 2.05) is 38.2 Å². The molecule has 1 aromatic carbocycles. The minimum absolute atomic E-state index is 0.265. The Morgan fingerprint density at radius 3 is 2.24 bits per heavy atom. The Kier molecular flexibility index (Phi) is 5.45. The van der Waals surface area contributed by atoms with E-state index in [2.05, 4.69) is 4.90 Å². The maximum Gasteiger partial charge on any atom is 0.0787 e. The number of anilines is 1. The van der Waals surface area contributed by atoms with Crippen LogP contribution in [0.25, 0.3) is 0 Å². The van der Waals surface area contributed by atoms with Crippen molar-refractivity contribution in [1.82, 2.24) is 0 Å². The lowest BCUT2D eigenvalue weighted by Gasteiger charge is -2.20. The second-order valence-electron chi connectivity index (χ2n) is 4.57.